The summed E-state index contributed by atoms with van der Waals surface area (Å²) in [6, 6.07) is 57.7. The lowest BCUT2D eigenvalue weighted by Gasteiger charge is -2.12. The molecule has 0 unspecified atom stereocenters. The predicted molar refractivity (Wildman–Crippen MR) is 217 cm³/mol. The largest absolute Gasteiger partial charge is 0.456 e. The molecule has 252 valence electrons. The first kappa shape index (κ1) is 30.2. The van der Waals surface area contributed by atoms with E-state index in [1.165, 1.54) is 0 Å². The first-order valence-electron chi connectivity index (χ1n) is 17.9. The summed E-state index contributed by atoms with van der Waals surface area (Å²) in [5.41, 5.74) is 8.78. The van der Waals surface area contributed by atoms with E-state index in [-0.39, 0.29) is 0 Å². The Hall–Kier alpha value is -7.44. The maximum atomic E-state index is 6.45. The summed E-state index contributed by atoms with van der Waals surface area (Å²) in [5.74, 6) is 2.36. The van der Waals surface area contributed by atoms with E-state index >= 15 is 0 Å². The van der Waals surface area contributed by atoms with Crippen molar-refractivity contribution in [3.8, 4) is 56.7 Å². The van der Waals surface area contributed by atoms with Crippen LogP contribution in [0.15, 0.2) is 179 Å². The summed E-state index contributed by atoms with van der Waals surface area (Å²) in [5, 5.41) is 6.25. The van der Waals surface area contributed by atoms with Crippen molar-refractivity contribution in [1.29, 1.82) is 0 Å². The van der Waals surface area contributed by atoms with E-state index in [1.807, 2.05) is 60.7 Å². The molecule has 0 spiro atoms. The van der Waals surface area contributed by atoms with Gasteiger partial charge >= 0.3 is 0 Å². The van der Waals surface area contributed by atoms with Crippen LogP contribution in [-0.2, 0) is 0 Å². The quantitative estimate of drug-likeness (QED) is 0.179. The van der Waals surface area contributed by atoms with Crippen LogP contribution in [0.25, 0.3) is 111 Å². The lowest BCUT2D eigenvalue weighted by molar-refractivity contribution is 0.619. The van der Waals surface area contributed by atoms with E-state index in [9.17, 15) is 0 Å². The van der Waals surface area contributed by atoms with Gasteiger partial charge in [0.2, 0.25) is 5.89 Å². The van der Waals surface area contributed by atoms with Crippen LogP contribution in [0.5, 0.6) is 0 Å². The molecule has 6 nitrogen and oxygen atoms in total. The molecule has 0 atom stereocenters. The van der Waals surface area contributed by atoms with Gasteiger partial charge in [0.15, 0.2) is 23.1 Å². The maximum Gasteiger partial charge on any atom is 0.227 e. The van der Waals surface area contributed by atoms with Gasteiger partial charge in [0, 0.05) is 27.6 Å². The Labute approximate surface area is 309 Å². The van der Waals surface area contributed by atoms with Gasteiger partial charge in [-0.1, -0.05) is 127 Å². The minimum Gasteiger partial charge on any atom is -0.456 e. The molecule has 8 aromatic carbocycles. The van der Waals surface area contributed by atoms with Gasteiger partial charge in [-0.2, -0.15) is 0 Å². The van der Waals surface area contributed by atoms with Crippen molar-refractivity contribution in [1.82, 2.24) is 19.9 Å². The molecule has 54 heavy (non-hydrogen) atoms. The zero-order chi connectivity index (χ0) is 35.6. The molecule has 0 bridgehead atoms. The summed E-state index contributed by atoms with van der Waals surface area (Å²) < 4.78 is 12.7. The molecule has 0 N–H and O–H groups in total. The minimum atomic E-state index is 0.572. The Kier molecular flexibility index (Phi) is 6.75. The third kappa shape index (κ3) is 4.96. The molecule has 11 rings (SSSR count). The van der Waals surface area contributed by atoms with Crippen LogP contribution >= 0.6 is 0 Å². The topological polar surface area (TPSA) is 77.8 Å². The molecule has 0 aliphatic heterocycles. The summed E-state index contributed by atoms with van der Waals surface area (Å²) in [6.45, 7) is 0. The average molecular weight is 693 g/mol. The highest BCUT2D eigenvalue weighted by molar-refractivity contribution is 6.25. The van der Waals surface area contributed by atoms with Gasteiger partial charge in [-0.25, -0.2) is 19.9 Å². The zero-order valence-electron chi connectivity index (χ0n) is 28.8. The third-order valence-corrected chi connectivity index (χ3v) is 10.2. The monoisotopic (exact) mass is 692 g/mol. The second kappa shape index (κ2) is 12.1. The summed E-state index contributed by atoms with van der Waals surface area (Å²) in [4.78, 5) is 20.5. The number of aromatic nitrogens is 4. The van der Waals surface area contributed by atoms with Crippen LogP contribution in [0.3, 0.4) is 0 Å². The third-order valence-electron chi connectivity index (χ3n) is 10.2. The molecule has 0 aliphatic carbocycles. The molecule has 0 radical (unpaired) electrons. The highest BCUT2D eigenvalue weighted by Gasteiger charge is 2.20. The van der Waals surface area contributed by atoms with Crippen LogP contribution in [0.1, 0.15) is 0 Å². The van der Waals surface area contributed by atoms with Crippen molar-refractivity contribution in [3.63, 3.8) is 0 Å². The fourth-order valence-corrected chi connectivity index (χ4v) is 7.54. The summed E-state index contributed by atoms with van der Waals surface area (Å²) >= 11 is 0. The fraction of sp³-hybridized carbons (Fsp3) is 0. The smallest absolute Gasteiger partial charge is 0.227 e. The summed E-state index contributed by atoms with van der Waals surface area (Å²) in [6.07, 6.45) is 0. The molecule has 6 heteroatoms. The number of hydrogen-bond acceptors (Lipinski definition) is 6. The molecule has 0 aliphatic rings. The Balaban J connectivity index is 1.15. The first-order chi connectivity index (χ1) is 26.7. The van der Waals surface area contributed by atoms with E-state index in [0.717, 1.165) is 82.4 Å². The van der Waals surface area contributed by atoms with Gasteiger partial charge in [0.1, 0.15) is 16.7 Å². The van der Waals surface area contributed by atoms with Crippen LogP contribution in [0.4, 0.5) is 0 Å². The normalized spacial score (nSPS) is 11.7. The number of benzene rings is 8. The second-order valence-electron chi connectivity index (χ2n) is 13.4. The number of hydrogen-bond donors (Lipinski definition) is 0. The number of nitrogens with zero attached hydrogens (tertiary/aromatic N) is 4. The highest BCUT2D eigenvalue weighted by Crippen LogP contribution is 2.41. The van der Waals surface area contributed by atoms with Crippen LogP contribution < -0.4 is 0 Å². The van der Waals surface area contributed by atoms with Crippen molar-refractivity contribution in [3.05, 3.63) is 170 Å². The van der Waals surface area contributed by atoms with Gasteiger partial charge in [-0.3, -0.25) is 0 Å². The van der Waals surface area contributed by atoms with Crippen molar-refractivity contribution in [2.75, 3.05) is 0 Å². The minimum absolute atomic E-state index is 0.572. The summed E-state index contributed by atoms with van der Waals surface area (Å²) in [7, 11) is 0. The number of fused-ring (bicyclic) bond motifs is 8. The van der Waals surface area contributed by atoms with Crippen LogP contribution in [0.2, 0.25) is 0 Å². The predicted octanol–water partition coefficient (Wildman–Crippen LogP) is 12.6. The van der Waals surface area contributed by atoms with Gasteiger partial charge < -0.3 is 8.83 Å². The van der Waals surface area contributed by atoms with E-state index in [0.29, 0.717) is 28.9 Å². The molecule has 3 aromatic heterocycles. The number of furan rings is 1. The Bertz CT molecular complexity index is 3220. The average Bonchev–Trinajstić information content (AvgIpc) is 3.86. The van der Waals surface area contributed by atoms with Crippen molar-refractivity contribution in [2.45, 2.75) is 0 Å². The second-order valence-corrected chi connectivity index (χ2v) is 13.4. The Morgan fingerprint density at radius 1 is 0.333 bits per heavy atom. The van der Waals surface area contributed by atoms with E-state index in [2.05, 4.69) is 109 Å². The van der Waals surface area contributed by atoms with Gasteiger partial charge in [0.25, 0.3) is 0 Å². The standard InChI is InChI=1S/C48H28N4O2/c1-3-12-30(13-4-1)36-17-9-10-18-37(36)47-51-45(34-21-19-29-11-7-8-16-33(29)27-34)50-46(52-47)35-22-20-31-23-24-39-42(38(31)28-35)43-40(53-39)25-26-41-44(43)49-48(54-41)32-14-5-2-6-15-32/h1-28H. The molecule has 0 fully saturated rings. The van der Waals surface area contributed by atoms with E-state index in [1.54, 1.807) is 0 Å². The molecule has 0 saturated carbocycles. The SMILES string of the molecule is c1ccc(-c2nc3c(ccc4oc5ccc6ccc(-c7nc(-c8ccc9ccccc9c8)nc(-c8ccccc8-c8ccccc8)n7)cc6c5c43)o2)cc1. The van der Waals surface area contributed by atoms with Gasteiger partial charge in [0.05, 0.1) is 5.39 Å². The lowest BCUT2D eigenvalue weighted by Crippen LogP contribution is -2.01. The lowest BCUT2D eigenvalue weighted by atomic mass is 9.99. The van der Waals surface area contributed by atoms with E-state index < -0.39 is 0 Å². The number of oxazole rings is 1. The zero-order valence-corrected chi connectivity index (χ0v) is 28.8. The Morgan fingerprint density at radius 2 is 0.907 bits per heavy atom. The molecule has 3 heterocycles. The molecule has 0 amide bonds. The Morgan fingerprint density at radius 3 is 1.70 bits per heavy atom. The first-order valence-corrected chi connectivity index (χ1v) is 17.9. The highest BCUT2D eigenvalue weighted by atomic mass is 16.4. The van der Waals surface area contributed by atoms with Crippen molar-refractivity contribution < 1.29 is 8.83 Å². The fourth-order valence-electron chi connectivity index (χ4n) is 7.54. The molecule has 0 saturated heterocycles. The van der Waals surface area contributed by atoms with Crippen LogP contribution in [-0.4, -0.2) is 19.9 Å². The van der Waals surface area contributed by atoms with Crippen molar-refractivity contribution in [2.24, 2.45) is 0 Å². The van der Waals surface area contributed by atoms with E-state index in [4.69, 9.17) is 28.8 Å². The molecular formula is C48H28N4O2. The van der Waals surface area contributed by atoms with Crippen molar-refractivity contribution >= 4 is 54.6 Å². The van der Waals surface area contributed by atoms with Crippen LogP contribution in [0, 0.1) is 0 Å². The maximum absolute atomic E-state index is 6.45. The number of rotatable bonds is 5. The van der Waals surface area contributed by atoms with Gasteiger partial charge in [-0.15, -0.1) is 0 Å². The van der Waals surface area contributed by atoms with Gasteiger partial charge in [-0.05, 0) is 75.1 Å². The molecule has 11 aromatic rings. The molecular weight excluding hydrogens is 665 g/mol.